The molecule has 0 unspecified atom stereocenters. The van der Waals surface area contributed by atoms with Gasteiger partial charge in [0.15, 0.2) is 0 Å². The van der Waals surface area contributed by atoms with E-state index < -0.39 is 11.9 Å². The van der Waals surface area contributed by atoms with Crippen LogP contribution in [0, 0.1) is 0 Å². The van der Waals surface area contributed by atoms with Gasteiger partial charge < -0.3 is 14.9 Å². The Morgan fingerprint density at radius 1 is 1.27 bits per heavy atom. The summed E-state index contributed by atoms with van der Waals surface area (Å²) in [5.74, 6) is -1.89. The summed E-state index contributed by atoms with van der Waals surface area (Å²) in [6, 6.07) is 2.46. The predicted molar refractivity (Wildman–Crippen MR) is 81.2 cm³/mol. The average Bonchev–Trinajstić information content (AvgIpc) is 2.49. The molecule has 0 fully saturated rings. The first-order chi connectivity index (χ1) is 10.5. The summed E-state index contributed by atoms with van der Waals surface area (Å²) >= 11 is 5.91. The zero-order valence-corrected chi connectivity index (χ0v) is 12.9. The molecule has 1 N–H and O–H groups in total. The summed E-state index contributed by atoms with van der Waals surface area (Å²) in [7, 11) is 0. The molecule has 0 radical (unpaired) electrons. The number of carboxylic acid groups (broad SMARTS) is 1. The average molecular weight is 326 g/mol. The van der Waals surface area contributed by atoms with Gasteiger partial charge in [0.05, 0.1) is 12.2 Å². The van der Waals surface area contributed by atoms with Crippen molar-refractivity contribution < 1.29 is 24.5 Å². The Morgan fingerprint density at radius 3 is 2.59 bits per heavy atom. The highest BCUT2D eigenvalue weighted by atomic mass is 35.5. The number of carbonyl (C=O) groups is 2. The van der Waals surface area contributed by atoms with Crippen molar-refractivity contribution in [3.8, 4) is 5.75 Å². The number of unbranched alkanes of at least 4 members (excludes halogenated alkanes) is 3. The van der Waals surface area contributed by atoms with Crippen LogP contribution in [0.15, 0.2) is 24.8 Å². The van der Waals surface area contributed by atoms with Crippen molar-refractivity contribution in [2.75, 3.05) is 6.61 Å². The molecule has 1 aromatic carbocycles. The standard InChI is InChI=1S/C16H19ClO5/c1-2-14(19)22-10-6-4-3-5-7-11-12(16(20)21)8-9-13(18)15(11)17/h2,8-9,18H,1,3-7,10H2,(H,20,21)/p-1. The molecule has 0 aliphatic carbocycles. The highest BCUT2D eigenvalue weighted by molar-refractivity contribution is 6.33. The fourth-order valence-corrected chi connectivity index (χ4v) is 2.29. The van der Waals surface area contributed by atoms with Gasteiger partial charge in [-0.1, -0.05) is 42.8 Å². The first kappa shape index (κ1) is 18.0. The molecule has 0 saturated heterocycles. The highest BCUT2D eigenvalue weighted by Crippen LogP contribution is 2.29. The van der Waals surface area contributed by atoms with Gasteiger partial charge in [0.1, 0.15) is 0 Å². The smallest absolute Gasteiger partial charge is 0.336 e. The van der Waals surface area contributed by atoms with Crippen LogP contribution in [0.2, 0.25) is 5.02 Å². The van der Waals surface area contributed by atoms with Gasteiger partial charge in [-0.3, -0.25) is 0 Å². The number of hydrogen-bond donors (Lipinski definition) is 1. The number of rotatable bonds is 9. The van der Waals surface area contributed by atoms with E-state index in [9.17, 15) is 14.7 Å². The second kappa shape index (κ2) is 9.10. The minimum atomic E-state index is -1.09. The van der Waals surface area contributed by atoms with E-state index in [4.69, 9.17) is 21.4 Å². The molecule has 0 saturated carbocycles. The molecule has 0 spiro atoms. The number of halogens is 1. The van der Waals surface area contributed by atoms with E-state index in [0.717, 1.165) is 25.3 Å². The van der Waals surface area contributed by atoms with Crippen molar-refractivity contribution in [2.24, 2.45) is 0 Å². The lowest BCUT2D eigenvalue weighted by atomic mass is 10.0. The number of benzene rings is 1. The third-order valence-electron chi connectivity index (χ3n) is 3.17. The Morgan fingerprint density at radius 2 is 1.95 bits per heavy atom. The molecular weight excluding hydrogens is 308 g/mol. The van der Waals surface area contributed by atoms with E-state index in [1.165, 1.54) is 12.1 Å². The number of carboxylic acids is 1. The van der Waals surface area contributed by atoms with Gasteiger partial charge >= 0.3 is 11.9 Å². The first-order valence-electron chi connectivity index (χ1n) is 6.98. The van der Waals surface area contributed by atoms with Crippen molar-refractivity contribution in [1.29, 1.82) is 0 Å². The third-order valence-corrected chi connectivity index (χ3v) is 3.58. The molecule has 0 aromatic heterocycles. The maximum atomic E-state index is 11.5. The third kappa shape index (κ3) is 5.41. The molecule has 1 aromatic rings. The Balaban J connectivity index is 2.42. The van der Waals surface area contributed by atoms with Crippen LogP contribution >= 0.6 is 11.6 Å². The van der Waals surface area contributed by atoms with Crippen LogP contribution in [0.5, 0.6) is 5.75 Å². The Labute approximate surface area is 134 Å². The van der Waals surface area contributed by atoms with Gasteiger partial charge in [-0.05, 0) is 30.9 Å². The van der Waals surface area contributed by atoms with Crippen LogP contribution in [0.4, 0.5) is 0 Å². The van der Waals surface area contributed by atoms with E-state index in [1.807, 2.05) is 0 Å². The summed E-state index contributed by atoms with van der Waals surface area (Å²) in [6.07, 6.45) is 4.64. The largest absolute Gasteiger partial charge is 0.871 e. The van der Waals surface area contributed by atoms with E-state index >= 15 is 0 Å². The van der Waals surface area contributed by atoms with Crippen molar-refractivity contribution >= 4 is 23.5 Å². The normalized spacial score (nSPS) is 10.2. The fraction of sp³-hybridized carbons (Fsp3) is 0.375. The van der Waals surface area contributed by atoms with Crippen LogP contribution in [0.1, 0.15) is 41.6 Å². The zero-order chi connectivity index (χ0) is 16.5. The topological polar surface area (TPSA) is 86.7 Å². The molecule has 0 aliphatic rings. The predicted octanol–water partition coefficient (Wildman–Crippen LogP) is 2.94. The van der Waals surface area contributed by atoms with Crippen LogP contribution in [-0.4, -0.2) is 23.7 Å². The molecule has 0 amide bonds. The molecule has 120 valence electrons. The molecule has 22 heavy (non-hydrogen) atoms. The lowest BCUT2D eigenvalue weighted by Crippen LogP contribution is -2.06. The monoisotopic (exact) mass is 325 g/mol. The van der Waals surface area contributed by atoms with Crippen LogP contribution in [0.25, 0.3) is 0 Å². The van der Waals surface area contributed by atoms with E-state index in [0.29, 0.717) is 25.0 Å². The minimum Gasteiger partial charge on any atom is -0.871 e. The Bertz CT molecular complexity index is 554. The maximum absolute atomic E-state index is 11.5. The molecule has 0 bridgehead atoms. The number of carbonyl (C=O) groups excluding carboxylic acids is 1. The number of esters is 1. The van der Waals surface area contributed by atoms with Gasteiger partial charge in [0.25, 0.3) is 0 Å². The second-order valence-corrected chi connectivity index (χ2v) is 5.12. The molecule has 6 heteroatoms. The molecule has 1 rings (SSSR count). The molecule has 0 atom stereocenters. The van der Waals surface area contributed by atoms with Crippen LogP contribution in [0.3, 0.4) is 0 Å². The first-order valence-corrected chi connectivity index (χ1v) is 7.36. The van der Waals surface area contributed by atoms with Crippen molar-refractivity contribution in [3.05, 3.63) is 40.9 Å². The zero-order valence-electron chi connectivity index (χ0n) is 12.1. The molecule has 0 heterocycles. The maximum Gasteiger partial charge on any atom is 0.336 e. The Kier molecular flexibility index (Phi) is 7.46. The highest BCUT2D eigenvalue weighted by Gasteiger charge is 2.13. The van der Waals surface area contributed by atoms with E-state index in [-0.39, 0.29) is 16.3 Å². The molecule has 0 aliphatic heterocycles. The summed E-state index contributed by atoms with van der Waals surface area (Å²) in [4.78, 5) is 22.0. The molecule has 5 nitrogen and oxygen atoms in total. The van der Waals surface area contributed by atoms with E-state index in [1.54, 1.807) is 0 Å². The lowest BCUT2D eigenvalue weighted by molar-refractivity contribution is -0.268. The number of aromatic carboxylic acids is 1. The quantitative estimate of drug-likeness (QED) is 0.428. The Hall–Kier alpha value is -2.01. The fourth-order valence-electron chi connectivity index (χ4n) is 2.03. The SMILES string of the molecule is C=CC(=O)OCCCCCCc1c(C(=O)O)ccc([O-])c1Cl. The van der Waals surface area contributed by atoms with Crippen LogP contribution in [-0.2, 0) is 16.0 Å². The van der Waals surface area contributed by atoms with Crippen LogP contribution < -0.4 is 5.11 Å². The van der Waals surface area contributed by atoms with Gasteiger partial charge in [-0.15, -0.1) is 0 Å². The van der Waals surface area contributed by atoms with Crippen molar-refractivity contribution in [3.63, 3.8) is 0 Å². The van der Waals surface area contributed by atoms with Gasteiger partial charge in [0.2, 0.25) is 0 Å². The van der Waals surface area contributed by atoms with Gasteiger partial charge in [-0.2, -0.15) is 0 Å². The number of ether oxygens (including phenoxy) is 1. The van der Waals surface area contributed by atoms with Crippen molar-refractivity contribution in [2.45, 2.75) is 32.1 Å². The summed E-state index contributed by atoms with van der Waals surface area (Å²) < 4.78 is 4.84. The second-order valence-electron chi connectivity index (χ2n) is 4.74. The van der Waals surface area contributed by atoms with Crippen molar-refractivity contribution in [1.82, 2.24) is 0 Å². The summed E-state index contributed by atoms with van der Waals surface area (Å²) in [5, 5.41) is 20.6. The number of hydrogen-bond acceptors (Lipinski definition) is 4. The molecular formula is C16H18ClO5-. The van der Waals surface area contributed by atoms with Gasteiger partial charge in [-0.25, -0.2) is 9.59 Å². The summed E-state index contributed by atoms with van der Waals surface area (Å²) in [6.45, 7) is 3.64. The van der Waals surface area contributed by atoms with Gasteiger partial charge in [0, 0.05) is 11.1 Å². The van der Waals surface area contributed by atoms with E-state index in [2.05, 4.69) is 6.58 Å². The minimum absolute atomic E-state index is 0.0141. The summed E-state index contributed by atoms with van der Waals surface area (Å²) in [5.41, 5.74) is 0.462. The lowest BCUT2D eigenvalue weighted by Gasteiger charge is -2.15.